The Morgan fingerprint density at radius 1 is 1.12 bits per heavy atom. The van der Waals surface area contributed by atoms with Gasteiger partial charge in [0.1, 0.15) is 5.69 Å². The average Bonchev–Trinajstić information content (AvgIpc) is 2.99. The summed E-state index contributed by atoms with van der Waals surface area (Å²) >= 11 is 0. The third kappa shape index (κ3) is 4.12. The van der Waals surface area contributed by atoms with Gasteiger partial charge in [0.05, 0.1) is 5.69 Å². The van der Waals surface area contributed by atoms with Crippen LogP contribution in [-0.2, 0) is 19.5 Å². The first-order valence-corrected chi connectivity index (χ1v) is 9.09. The number of benzene rings is 1. The van der Waals surface area contributed by atoms with Gasteiger partial charge in [0.2, 0.25) is 0 Å². The van der Waals surface area contributed by atoms with Crippen molar-refractivity contribution in [1.82, 2.24) is 20.2 Å². The minimum atomic E-state index is -0.349. The number of imidazole rings is 1. The molecular weight excluding hydrogens is 328 g/mol. The molecule has 0 unspecified atom stereocenters. The summed E-state index contributed by atoms with van der Waals surface area (Å²) < 4.78 is 1.90. The summed E-state index contributed by atoms with van der Waals surface area (Å²) in [6.45, 7) is 6.95. The number of amides is 2. The molecule has 138 valence electrons. The van der Waals surface area contributed by atoms with Gasteiger partial charge in [-0.3, -0.25) is 9.59 Å². The fourth-order valence-electron chi connectivity index (χ4n) is 3.16. The van der Waals surface area contributed by atoms with Crippen molar-refractivity contribution in [3.8, 4) is 0 Å². The number of hydrogen-bond donors (Lipinski definition) is 2. The van der Waals surface area contributed by atoms with Crippen LogP contribution >= 0.6 is 0 Å². The van der Waals surface area contributed by atoms with Crippen LogP contribution in [-0.4, -0.2) is 26.9 Å². The number of carbonyl (C=O) groups excluding carboxylic acids is 2. The van der Waals surface area contributed by atoms with Crippen molar-refractivity contribution in [3.63, 3.8) is 0 Å². The van der Waals surface area contributed by atoms with E-state index in [4.69, 9.17) is 0 Å². The Balaban J connectivity index is 1.82. The minimum Gasteiger partial charge on any atom is -0.346 e. The molecule has 1 aromatic heterocycles. The van der Waals surface area contributed by atoms with E-state index in [0.717, 1.165) is 37.1 Å². The molecule has 6 heteroatoms. The van der Waals surface area contributed by atoms with Crippen LogP contribution in [0, 0.1) is 0 Å². The van der Waals surface area contributed by atoms with Gasteiger partial charge < -0.3 is 15.2 Å². The van der Waals surface area contributed by atoms with E-state index in [0.29, 0.717) is 18.1 Å². The van der Waals surface area contributed by atoms with E-state index < -0.39 is 0 Å². The van der Waals surface area contributed by atoms with E-state index >= 15 is 0 Å². The van der Waals surface area contributed by atoms with Gasteiger partial charge >= 0.3 is 0 Å². The number of carbonyl (C=O) groups is 2. The molecule has 3 rings (SSSR count). The molecule has 2 amide bonds. The number of aromatic nitrogens is 2. The van der Waals surface area contributed by atoms with Crippen molar-refractivity contribution >= 4 is 11.8 Å². The number of rotatable bonds is 4. The Bertz CT molecular complexity index is 803. The van der Waals surface area contributed by atoms with Crippen LogP contribution in [0.1, 0.15) is 66.0 Å². The number of fused-ring (bicyclic) bond motifs is 1. The smallest absolute Gasteiger partial charge is 0.287 e. The summed E-state index contributed by atoms with van der Waals surface area (Å²) in [5.74, 6) is -0.133. The highest BCUT2D eigenvalue weighted by Crippen LogP contribution is 2.21. The van der Waals surface area contributed by atoms with Gasteiger partial charge in [-0.05, 0) is 45.6 Å². The van der Waals surface area contributed by atoms with Gasteiger partial charge in [-0.25, -0.2) is 4.98 Å². The van der Waals surface area contributed by atoms with Crippen LogP contribution < -0.4 is 10.6 Å². The van der Waals surface area contributed by atoms with Crippen LogP contribution in [0.5, 0.6) is 0 Å². The molecule has 26 heavy (non-hydrogen) atoms. The molecule has 0 radical (unpaired) electrons. The Morgan fingerprint density at radius 3 is 2.54 bits per heavy atom. The molecule has 2 aromatic rings. The normalized spacial score (nSPS) is 13.8. The molecule has 0 fully saturated rings. The second-order valence-corrected chi connectivity index (χ2v) is 7.71. The molecule has 0 saturated carbocycles. The van der Waals surface area contributed by atoms with Gasteiger partial charge in [-0.15, -0.1) is 0 Å². The molecule has 0 bridgehead atoms. The molecule has 2 heterocycles. The highest BCUT2D eigenvalue weighted by Gasteiger charge is 2.28. The van der Waals surface area contributed by atoms with E-state index in [1.54, 1.807) is 0 Å². The van der Waals surface area contributed by atoms with Crippen LogP contribution in [0.25, 0.3) is 0 Å². The van der Waals surface area contributed by atoms with E-state index in [1.165, 1.54) is 0 Å². The largest absolute Gasteiger partial charge is 0.346 e. The zero-order valence-corrected chi connectivity index (χ0v) is 15.6. The van der Waals surface area contributed by atoms with Crippen molar-refractivity contribution in [2.75, 3.05) is 0 Å². The van der Waals surface area contributed by atoms with Crippen LogP contribution in [0.15, 0.2) is 30.3 Å². The summed E-state index contributed by atoms with van der Waals surface area (Å²) in [4.78, 5) is 29.7. The zero-order valence-electron chi connectivity index (χ0n) is 15.6. The average molecular weight is 354 g/mol. The van der Waals surface area contributed by atoms with Crippen molar-refractivity contribution in [3.05, 3.63) is 53.1 Å². The third-order valence-electron chi connectivity index (χ3n) is 4.32. The topological polar surface area (TPSA) is 76.0 Å². The SMILES string of the molecule is CC(C)(C)NC(=O)c1nc(C(=O)NCc2ccccc2)n2c1CCCC2. The molecule has 0 atom stereocenters. The number of hydrogen-bond acceptors (Lipinski definition) is 3. The first-order chi connectivity index (χ1) is 12.3. The predicted octanol–water partition coefficient (Wildman–Crippen LogP) is 2.68. The zero-order chi connectivity index (χ0) is 18.7. The van der Waals surface area contributed by atoms with Crippen LogP contribution in [0.2, 0.25) is 0 Å². The lowest BCUT2D eigenvalue weighted by molar-refractivity contribution is 0.0913. The minimum absolute atomic E-state index is 0.217. The van der Waals surface area contributed by atoms with Crippen molar-refractivity contribution < 1.29 is 9.59 Å². The Hall–Kier alpha value is -2.63. The van der Waals surface area contributed by atoms with Crippen molar-refractivity contribution in [2.45, 2.75) is 58.7 Å². The first-order valence-electron chi connectivity index (χ1n) is 9.09. The van der Waals surface area contributed by atoms with E-state index in [-0.39, 0.29) is 17.4 Å². The predicted molar refractivity (Wildman–Crippen MR) is 100.0 cm³/mol. The molecule has 0 aliphatic carbocycles. The standard InChI is InChI=1S/C20H26N4O2/c1-20(2,3)23-18(25)16-15-11-7-8-12-24(15)17(22-16)19(26)21-13-14-9-5-4-6-10-14/h4-6,9-10H,7-8,11-13H2,1-3H3,(H,21,26)(H,23,25). The maximum absolute atomic E-state index is 12.7. The maximum atomic E-state index is 12.7. The van der Waals surface area contributed by atoms with Gasteiger partial charge in [-0.2, -0.15) is 0 Å². The second-order valence-electron chi connectivity index (χ2n) is 7.71. The first kappa shape index (κ1) is 18.2. The van der Waals surface area contributed by atoms with Gasteiger partial charge in [-0.1, -0.05) is 30.3 Å². The molecule has 6 nitrogen and oxygen atoms in total. The number of nitrogens with zero attached hydrogens (tertiary/aromatic N) is 2. The lowest BCUT2D eigenvalue weighted by atomic mass is 10.1. The molecule has 0 spiro atoms. The number of nitrogens with one attached hydrogen (secondary N) is 2. The Kier molecular flexibility index (Phi) is 5.11. The van der Waals surface area contributed by atoms with Crippen LogP contribution in [0.4, 0.5) is 0 Å². The van der Waals surface area contributed by atoms with Crippen molar-refractivity contribution in [2.24, 2.45) is 0 Å². The summed E-state index contributed by atoms with van der Waals surface area (Å²) in [6.07, 6.45) is 2.76. The van der Waals surface area contributed by atoms with Gasteiger partial charge in [0, 0.05) is 18.6 Å². The van der Waals surface area contributed by atoms with E-state index in [2.05, 4.69) is 15.6 Å². The second kappa shape index (κ2) is 7.32. The van der Waals surface area contributed by atoms with Crippen molar-refractivity contribution in [1.29, 1.82) is 0 Å². The highest BCUT2D eigenvalue weighted by molar-refractivity contribution is 5.97. The maximum Gasteiger partial charge on any atom is 0.287 e. The molecule has 0 saturated heterocycles. The van der Waals surface area contributed by atoms with E-state index in [1.807, 2.05) is 55.7 Å². The van der Waals surface area contributed by atoms with Crippen LogP contribution in [0.3, 0.4) is 0 Å². The summed E-state index contributed by atoms with van der Waals surface area (Å²) in [5.41, 5.74) is 1.92. The quantitative estimate of drug-likeness (QED) is 0.886. The third-order valence-corrected chi connectivity index (χ3v) is 4.32. The highest BCUT2D eigenvalue weighted by atomic mass is 16.2. The molecule has 2 N–H and O–H groups in total. The fraction of sp³-hybridized carbons (Fsp3) is 0.450. The Labute approximate surface area is 154 Å². The summed E-state index contributed by atoms with van der Waals surface area (Å²) in [6, 6.07) is 9.74. The van der Waals surface area contributed by atoms with E-state index in [9.17, 15) is 9.59 Å². The summed E-state index contributed by atoms with van der Waals surface area (Å²) in [7, 11) is 0. The molecule has 1 aliphatic rings. The van der Waals surface area contributed by atoms with Gasteiger partial charge in [0.15, 0.2) is 5.82 Å². The van der Waals surface area contributed by atoms with Gasteiger partial charge in [0.25, 0.3) is 11.8 Å². The summed E-state index contributed by atoms with van der Waals surface area (Å²) in [5, 5.41) is 5.86. The monoisotopic (exact) mass is 354 g/mol. The lowest BCUT2D eigenvalue weighted by Crippen LogP contribution is -2.41. The molecular formula is C20H26N4O2. The molecule has 1 aromatic carbocycles. The Morgan fingerprint density at radius 2 is 1.85 bits per heavy atom. The lowest BCUT2D eigenvalue weighted by Gasteiger charge is -2.21. The fourth-order valence-corrected chi connectivity index (χ4v) is 3.16. The molecule has 1 aliphatic heterocycles.